The fourth-order valence-electron chi connectivity index (χ4n) is 4.89. The van der Waals surface area contributed by atoms with Crippen molar-refractivity contribution in [2.75, 3.05) is 19.6 Å². The van der Waals surface area contributed by atoms with Crippen molar-refractivity contribution in [1.82, 2.24) is 24.8 Å². The molecule has 2 aromatic rings. The van der Waals surface area contributed by atoms with Crippen LogP contribution in [0.15, 0.2) is 24.7 Å². The topological polar surface area (TPSA) is 85.1 Å². The maximum absolute atomic E-state index is 13.2. The first kappa shape index (κ1) is 16.6. The third kappa shape index (κ3) is 2.51. The van der Waals surface area contributed by atoms with Crippen molar-refractivity contribution in [1.29, 1.82) is 0 Å². The van der Waals surface area contributed by atoms with Gasteiger partial charge in [-0.25, -0.2) is 4.98 Å². The van der Waals surface area contributed by atoms with E-state index >= 15 is 0 Å². The SMILES string of the molecule is O=C(c1ccc[nH]1)N1CCC2(CC1)c1nc[nH]c1CCN2C(=O)C1CCC1. The highest BCUT2D eigenvalue weighted by Gasteiger charge is 2.50. The molecule has 2 fully saturated rings. The van der Waals surface area contributed by atoms with Gasteiger partial charge in [0.2, 0.25) is 5.91 Å². The Morgan fingerprint density at radius 3 is 2.63 bits per heavy atom. The molecule has 7 heteroatoms. The predicted molar refractivity (Wildman–Crippen MR) is 99.0 cm³/mol. The van der Waals surface area contributed by atoms with Crippen LogP contribution in [0.5, 0.6) is 0 Å². The Balaban J connectivity index is 1.42. The molecule has 27 heavy (non-hydrogen) atoms. The normalized spacial score (nSPS) is 21.8. The summed E-state index contributed by atoms with van der Waals surface area (Å²) in [5.41, 5.74) is 2.43. The van der Waals surface area contributed by atoms with Crippen molar-refractivity contribution in [2.24, 2.45) is 5.92 Å². The van der Waals surface area contributed by atoms with Gasteiger partial charge in [0.05, 0.1) is 17.6 Å². The number of nitrogens with zero attached hydrogens (tertiary/aromatic N) is 3. The average molecular weight is 367 g/mol. The summed E-state index contributed by atoms with van der Waals surface area (Å²) < 4.78 is 0. The Morgan fingerprint density at radius 1 is 1.15 bits per heavy atom. The third-order valence-corrected chi connectivity index (χ3v) is 6.69. The molecule has 0 radical (unpaired) electrons. The molecule has 0 bridgehead atoms. The Hall–Kier alpha value is -2.57. The monoisotopic (exact) mass is 367 g/mol. The smallest absolute Gasteiger partial charge is 0.270 e. The number of fused-ring (bicyclic) bond motifs is 2. The highest BCUT2D eigenvalue weighted by Crippen LogP contribution is 2.44. The van der Waals surface area contributed by atoms with Gasteiger partial charge in [-0.05, 0) is 37.8 Å². The molecular weight excluding hydrogens is 342 g/mol. The van der Waals surface area contributed by atoms with E-state index in [4.69, 9.17) is 0 Å². The predicted octanol–water partition coefficient (Wildman–Crippen LogP) is 2.05. The fraction of sp³-hybridized carbons (Fsp3) is 0.550. The van der Waals surface area contributed by atoms with Crippen molar-refractivity contribution >= 4 is 11.8 Å². The number of imidazole rings is 1. The molecule has 142 valence electrons. The summed E-state index contributed by atoms with van der Waals surface area (Å²) in [5, 5.41) is 0. The molecule has 0 atom stereocenters. The van der Waals surface area contributed by atoms with Crippen LogP contribution in [0.2, 0.25) is 0 Å². The Morgan fingerprint density at radius 2 is 1.96 bits per heavy atom. The van der Waals surface area contributed by atoms with Gasteiger partial charge in [-0.3, -0.25) is 9.59 Å². The molecule has 7 nitrogen and oxygen atoms in total. The number of carbonyl (C=O) groups is 2. The zero-order valence-electron chi connectivity index (χ0n) is 15.4. The summed E-state index contributed by atoms with van der Waals surface area (Å²) in [4.78, 5) is 40.8. The molecule has 1 saturated carbocycles. The number of H-pyrrole nitrogens is 2. The van der Waals surface area contributed by atoms with Gasteiger partial charge in [0, 0.05) is 43.9 Å². The Labute approximate surface area is 158 Å². The van der Waals surface area contributed by atoms with Gasteiger partial charge < -0.3 is 19.8 Å². The van der Waals surface area contributed by atoms with E-state index in [1.54, 1.807) is 12.5 Å². The summed E-state index contributed by atoms with van der Waals surface area (Å²) in [6.45, 7) is 2.02. The van der Waals surface area contributed by atoms with Gasteiger partial charge in [-0.1, -0.05) is 6.42 Å². The first-order valence-corrected chi connectivity index (χ1v) is 9.96. The number of aromatic amines is 2. The van der Waals surface area contributed by atoms with E-state index in [0.717, 1.165) is 56.5 Å². The van der Waals surface area contributed by atoms with Crippen molar-refractivity contribution in [3.63, 3.8) is 0 Å². The van der Waals surface area contributed by atoms with Crippen LogP contribution in [0, 0.1) is 5.92 Å². The van der Waals surface area contributed by atoms with Crippen molar-refractivity contribution < 1.29 is 9.59 Å². The van der Waals surface area contributed by atoms with Crippen LogP contribution in [0.3, 0.4) is 0 Å². The third-order valence-electron chi connectivity index (χ3n) is 6.69. The van der Waals surface area contributed by atoms with Crippen LogP contribution >= 0.6 is 0 Å². The maximum atomic E-state index is 13.2. The lowest BCUT2D eigenvalue weighted by Crippen LogP contribution is -2.60. The lowest BCUT2D eigenvalue weighted by atomic mass is 9.76. The number of likely N-dealkylation sites (tertiary alicyclic amines) is 1. The minimum absolute atomic E-state index is 0.0322. The molecule has 0 unspecified atom stereocenters. The molecule has 1 aliphatic carbocycles. The molecule has 2 amide bonds. The minimum atomic E-state index is -0.368. The van der Waals surface area contributed by atoms with E-state index in [-0.39, 0.29) is 17.4 Å². The van der Waals surface area contributed by atoms with Crippen LogP contribution in [-0.4, -0.2) is 56.2 Å². The fourth-order valence-corrected chi connectivity index (χ4v) is 4.89. The number of piperidine rings is 1. The van der Waals surface area contributed by atoms with Gasteiger partial charge in [-0.2, -0.15) is 0 Å². The van der Waals surface area contributed by atoms with Crippen LogP contribution in [-0.2, 0) is 16.8 Å². The zero-order chi connectivity index (χ0) is 18.4. The number of carbonyl (C=O) groups excluding carboxylic acids is 2. The van der Waals surface area contributed by atoms with Gasteiger partial charge in [0.25, 0.3) is 5.91 Å². The van der Waals surface area contributed by atoms with E-state index in [1.165, 1.54) is 0 Å². The van der Waals surface area contributed by atoms with Crippen molar-refractivity contribution in [2.45, 2.75) is 44.1 Å². The second-order valence-corrected chi connectivity index (χ2v) is 8.00. The molecule has 0 aromatic carbocycles. The number of hydrogen-bond donors (Lipinski definition) is 2. The van der Waals surface area contributed by atoms with Crippen LogP contribution in [0.1, 0.15) is 54.0 Å². The molecule has 1 spiro atoms. The lowest BCUT2D eigenvalue weighted by molar-refractivity contribution is -0.148. The van der Waals surface area contributed by atoms with Gasteiger partial charge in [0.1, 0.15) is 5.69 Å². The van der Waals surface area contributed by atoms with Gasteiger partial charge >= 0.3 is 0 Å². The second kappa shape index (κ2) is 6.25. The van der Waals surface area contributed by atoms with E-state index in [9.17, 15) is 9.59 Å². The van der Waals surface area contributed by atoms with E-state index in [0.29, 0.717) is 24.7 Å². The molecule has 1 saturated heterocycles. The van der Waals surface area contributed by atoms with Crippen LogP contribution in [0.25, 0.3) is 0 Å². The number of rotatable bonds is 2. The molecule has 2 aromatic heterocycles. The largest absolute Gasteiger partial charge is 0.357 e. The zero-order valence-corrected chi connectivity index (χ0v) is 15.4. The van der Waals surface area contributed by atoms with Gasteiger partial charge in [-0.15, -0.1) is 0 Å². The van der Waals surface area contributed by atoms with E-state index in [1.807, 2.05) is 17.0 Å². The molecule has 4 heterocycles. The van der Waals surface area contributed by atoms with Crippen molar-refractivity contribution in [3.05, 3.63) is 41.7 Å². The number of nitrogens with one attached hydrogen (secondary N) is 2. The van der Waals surface area contributed by atoms with E-state index in [2.05, 4.69) is 19.9 Å². The molecular formula is C20H25N5O2. The summed E-state index contributed by atoms with van der Waals surface area (Å²) in [6, 6.07) is 3.65. The Kier molecular flexibility index (Phi) is 3.84. The average Bonchev–Trinajstić information content (AvgIpc) is 3.33. The number of amides is 2. The molecule has 2 aliphatic heterocycles. The van der Waals surface area contributed by atoms with Gasteiger partial charge in [0.15, 0.2) is 0 Å². The first-order valence-electron chi connectivity index (χ1n) is 9.96. The summed E-state index contributed by atoms with van der Waals surface area (Å²) in [6.07, 6.45) is 9.02. The standard InChI is InChI=1S/C20H25N5O2/c26-18(14-3-1-4-14)25-10-6-15-17(23-13-22-15)20(25)7-11-24(12-8-20)19(27)16-5-2-9-21-16/h2,5,9,13-14,21H,1,3-4,6-8,10-12H2,(H,22,23). The summed E-state index contributed by atoms with van der Waals surface area (Å²) in [5.74, 6) is 0.504. The molecule has 3 aliphatic rings. The second-order valence-electron chi connectivity index (χ2n) is 8.00. The lowest BCUT2D eigenvalue weighted by Gasteiger charge is -2.51. The minimum Gasteiger partial charge on any atom is -0.357 e. The van der Waals surface area contributed by atoms with E-state index < -0.39 is 0 Å². The quantitative estimate of drug-likeness (QED) is 0.852. The highest BCUT2D eigenvalue weighted by atomic mass is 16.2. The van der Waals surface area contributed by atoms with Crippen LogP contribution < -0.4 is 0 Å². The number of aromatic nitrogens is 3. The maximum Gasteiger partial charge on any atom is 0.270 e. The summed E-state index contributed by atoms with van der Waals surface area (Å²) >= 11 is 0. The number of hydrogen-bond acceptors (Lipinski definition) is 3. The molecule has 2 N–H and O–H groups in total. The van der Waals surface area contributed by atoms with Crippen molar-refractivity contribution in [3.8, 4) is 0 Å². The molecule has 5 rings (SSSR count). The highest BCUT2D eigenvalue weighted by molar-refractivity contribution is 5.92. The first-order chi connectivity index (χ1) is 13.2. The Bertz CT molecular complexity index is 844. The summed E-state index contributed by atoms with van der Waals surface area (Å²) in [7, 11) is 0. The van der Waals surface area contributed by atoms with Crippen LogP contribution in [0.4, 0.5) is 0 Å².